The van der Waals surface area contributed by atoms with Crippen LogP contribution in [-0.2, 0) is 4.74 Å². The van der Waals surface area contributed by atoms with Gasteiger partial charge in [0.15, 0.2) is 6.29 Å². The van der Waals surface area contributed by atoms with Crippen LogP contribution in [-0.4, -0.2) is 57.7 Å². The van der Waals surface area contributed by atoms with Gasteiger partial charge in [0.1, 0.15) is 18.3 Å². The molecule has 6 nitrogen and oxygen atoms in total. The second-order valence-electron chi connectivity index (χ2n) is 2.81. The predicted molar refractivity (Wildman–Crippen MR) is 38.0 cm³/mol. The molecule has 6 N–H and O–H groups in total. The normalized spacial score (nSPS) is 49.2. The summed E-state index contributed by atoms with van der Waals surface area (Å²) >= 11 is 0. The average Bonchev–Trinajstić information content (AvgIpc) is 2.08. The number of nitrogens with two attached hydrogens (primary N) is 1. The fraction of sp³-hybridized carbons (Fsp3) is 1.00. The number of aliphatic hydroxyl groups excluding tert-OH is 4. The highest BCUT2D eigenvalue weighted by Crippen LogP contribution is 2.17. The van der Waals surface area contributed by atoms with Gasteiger partial charge in [0.05, 0.1) is 12.6 Å². The van der Waals surface area contributed by atoms with Crippen LogP contribution in [0.1, 0.15) is 0 Å². The topological polar surface area (TPSA) is 116 Å². The Bertz CT molecular complexity index is 150. The SMILES string of the molecule is [15NH2][C@H]1C(O)O[C@H](CO)[C@H](O)[C@@H]1O. The highest BCUT2D eigenvalue weighted by Gasteiger charge is 2.41. The molecule has 0 amide bonds. The van der Waals surface area contributed by atoms with E-state index in [2.05, 4.69) is 0 Å². The fourth-order valence-corrected chi connectivity index (χ4v) is 1.12. The van der Waals surface area contributed by atoms with Crippen LogP contribution in [0.4, 0.5) is 0 Å². The van der Waals surface area contributed by atoms with Gasteiger partial charge in [-0.2, -0.15) is 0 Å². The van der Waals surface area contributed by atoms with Crippen molar-refractivity contribution >= 4 is 0 Å². The summed E-state index contributed by atoms with van der Waals surface area (Å²) in [4.78, 5) is 0. The lowest BCUT2D eigenvalue weighted by atomic mass is 9.99. The van der Waals surface area contributed by atoms with Gasteiger partial charge in [-0.15, -0.1) is 0 Å². The molecule has 1 rings (SSSR count). The molecule has 0 bridgehead atoms. The summed E-state index contributed by atoms with van der Waals surface area (Å²) in [7, 11) is 0. The van der Waals surface area contributed by atoms with Crippen molar-refractivity contribution in [2.24, 2.45) is 5.73 Å². The maximum Gasteiger partial charge on any atom is 0.173 e. The first-order valence-corrected chi connectivity index (χ1v) is 3.64. The summed E-state index contributed by atoms with van der Waals surface area (Å²) in [6, 6.07) is -1.04. The zero-order valence-corrected chi connectivity index (χ0v) is 6.37. The van der Waals surface area contributed by atoms with Gasteiger partial charge in [0.25, 0.3) is 0 Å². The van der Waals surface area contributed by atoms with Crippen molar-refractivity contribution in [3.8, 4) is 0 Å². The van der Waals surface area contributed by atoms with E-state index in [4.69, 9.17) is 20.7 Å². The lowest BCUT2D eigenvalue weighted by Crippen LogP contribution is -2.61. The molecule has 0 aliphatic carbocycles. The summed E-state index contributed by atoms with van der Waals surface area (Å²) in [5.41, 5.74) is 5.26. The predicted octanol–water partition coefficient (Wildman–Crippen LogP) is -3.25. The lowest BCUT2D eigenvalue weighted by Gasteiger charge is -2.38. The molecule has 12 heavy (non-hydrogen) atoms. The number of ether oxygens (including phenoxy) is 1. The Kier molecular flexibility index (Phi) is 2.99. The zero-order valence-electron chi connectivity index (χ0n) is 6.37. The second kappa shape index (κ2) is 3.65. The quantitative estimate of drug-likeness (QED) is 0.270. The molecule has 72 valence electrons. The molecular formula is C6H13NO5. The molecule has 1 unspecified atom stereocenters. The molecule has 0 aromatic rings. The molecule has 0 spiro atoms. The third-order valence-electron chi connectivity index (χ3n) is 1.95. The van der Waals surface area contributed by atoms with E-state index < -0.39 is 37.3 Å². The number of hydrogen-bond acceptors (Lipinski definition) is 6. The van der Waals surface area contributed by atoms with E-state index in [0.717, 1.165) is 0 Å². The van der Waals surface area contributed by atoms with Crippen molar-refractivity contribution in [2.75, 3.05) is 6.61 Å². The molecule has 0 aromatic carbocycles. The molecule has 0 saturated carbocycles. The Morgan fingerprint density at radius 3 is 2.25 bits per heavy atom. The Labute approximate surface area is 69.2 Å². The van der Waals surface area contributed by atoms with Gasteiger partial charge in [-0.1, -0.05) is 0 Å². The molecule has 6 heteroatoms. The molecule has 5 atom stereocenters. The maximum absolute atomic E-state index is 9.20. The van der Waals surface area contributed by atoms with Crippen LogP contribution in [0.3, 0.4) is 0 Å². The summed E-state index contributed by atoms with van der Waals surface area (Å²) < 4.78 is 4.70. The summed E-state index contributed by atoms with van der Waals surface area (Å²) in [6.45, 7) is -0.470. The van der Waals surface area contributed by atoms with Crippen LogP contribution < -0.4 is 5.73 Å². The summed E-state index contributed by atoms with van der Waals surface area (Å²) in [5, 5.41) is 36.1. The van der Waals surface area contributed by atoms with Crippen LogP contribution in [0.5, 0.6) is 0 Å². The number of aliphatic hydroxyl groups is 4. The van der Waals surface area contributed by atoms with Gasteiger partial charge in [-0.05, 0) is 0 Å². The van der Waals surface area contributed by atoms with Gasteiger partial charge in [0.2, 0.25) is 0 Å². The van der Waals surface area contributed by atoms with Crippen molar-refractivity contribution in [1.82, 2.24) is 0 Å². The van der Waals surface area contributed by atoms with Gasteiger partial charge < -0.3 is 30.9 Å². The number of rotatable bonds is 1. The second-order valence-corrected chi connectivity index (χ2v) is 2.81. The Morgan fingerprint density at radius 2 is 1.75 bits per heavy atom. The van der Waals surface area contributed by atoms with Gasteiger partial charge in [0, 0.05) is 0 Å². The third kappa shape index (κ3) is 1.58. The minimum Gasteiger partial charge on any atom is -0.394 e. The van der Waals surface area contributed by atoms with E-state index in [0.29, 0.717) is 0 Å². The molecule has 1 fully saturated rings. The van der Waals surface area contributed by atoms with Crippen LogP contribution in [0.15, 0.2) is 0 Å². The average molecular weight is 180 g/mol. The van der Waals surface area contributed by atoms with Crippen LogP contribution >= 0.6 is 0 Å². The smallest absolute Gasteiger partial charge is 0.173 e. The molecule has 1 heterocycles. The number of hydrogen-bond donors (Lipinski definition) is 5. The minimum atomic E-state index is -1.35. The van der Waals surface area contributed by atoms with Gasteiger partial charge >= 0.3 is 0 Å². The molecule has 1 aliphatic heterocycles. The highest BCUT2D eigenvalue weighted by atomic mass is 16.6. The minimum absolute atomic E-state index is 0.470. The first-order valence-electron chi connectivity index (χ1n) is 3.64. The fourth-order valence-electron chi connectivity index (χ4n) is 1.12. The highest BCUT2D eigenvalue weighted by molar-refractivity contribution is 4.90. The summed E-state index contributed by atoms with van der Waals surface area (Å²) in [6.07, 6.45) is -4.85. The lowest BCUT2D eigenvalue weighted by molar-refractivity contribution is -0.248. The Balaban J connectivity index is 2.63. The van der Waals surface area contributed by atoms with E-state index in [1.165, 1.54) is 0 Å². The Hall–Kier alpha value is -0.240. The van der Waals surface area contributed by atoms with Gasteiger partial charge in [-0.3, -0.25) is 0 Å². The zero-order chi connectivity index (χ0) is 9.30. The van der Waals surface area contributed by atoms with Crippen molar-refractivity contribution in [3.63, 3.8) is 0 Å². The summed E-state index contributed by atoms with van der Waals surface area (Å²) in [5.74, 6) is 0. The molecular weight excluding hydrogens is 167 g/mol. The molecule has 1 saturated heterocycles. The van der Waals surface area contributed by atoms with E-state index in [-0.39, 0.29) is 0 Å². The largest absolute Gasteiger partial charge is 0.394 e. The third-order valence-corrected chi connectivity index (χ3v) is 1.95. The van der Waals surface area contributed by atoms with Crippen LogP contribution in [0, 0.1) is 0 Å². The molecule has 0 aromatic heterocycles. The van der Waals surface area contributed by atoms with Crippen molar-refractivity contribution in [1.29, 1.82) is 0 Å². The monoisotopic (exact) mass is 180 g/mol. The van der Waals surface area contributed by atoms with Crippen molar-refractivity contribution in [3.05, 3.63) is 0 Å². The van der Waals surface area contributed by atoms with E-state index >= 15 is 0 Å². The first-order chi connectivity index (χ1) is 5.57. The van der Waals surface area contributed by atoms with E-state index in [1.807, 2.05) is 0 Å². The van der Waals surface area contributed by atoms with E-state index in [1.54, 1.807) is 0 Å². The molecule has 0 radical (unpaired) electrons. The Morgan fingerprint density at radius 1 is 1.17 bits per heavy atom. The van der Waals surface area contributed by atoms with Crippen molar-refractivity contribution in [2.45, 2.75) is 30.6 Å². The van der Waals surface area contributed by atoms with E-state index in [9.17, 15) is 10.2 Å². The van der Waals surface area contributed by atoms with Crippen LogP contribution in [0.2, 0.25) is 0 Å². The van der Waals surface area contributed by atoms with Crippen LogP contribution in [0.25, 0.3) is 0 Å². The van der Waals surface area contributed by atoms with Gasteiger partial charge in [-0.25, -0.2) is 0 Å². The molecule has 1 aliphatic rings. The van der Waals surface area contributed by atoms with Crippen molar-refractivity contribution < 1.29 is 25.2 Å². The maximum atomic E-state index is 9.20. The first kappa shape index (κ1) is 9.85. The standard InChI is InChI=1S/C6H13NO5/c7-3-5(10)4(9)2(1-8)12-6(3)11/h2-6,8-11H,1,7H2/t2-,3-,4+,5-,6?/m1/s1/i7+1.